The number of hydrogen-bond donors (Lipinski definition) is 1. The van der Waals surface area contributed by atoms with E-state index in [0.717, 1.165) is 29.0 Å². The van der Waals surface area contributed by atoms with Gasteiger partial charge in [-0.05, 0) is 74.2 Å². The molecule has 35 heavy (non-hydrogen) atoms. The van der Waals surface area contributed by atoms with Gasteiger partial charge in [0.25, 0.3) is 5.00 Å². The number of nitrogens with zero attached hydrogens (tertiary/aromatic N) is 2. The topological polar surface area (TPSA) is 81.5 Å². The number of thiophene rings is 1. The second-order valence-electron chi connectivity index (χ2n) is 9.05. The van der Waals surface area contributed by atoms with E-state index < -0.39 is 11.6 Å². The Morgan fingerprint density at radius 1 is 1.29 bits per heavy atom. The van der Waals surface area contributed by atoms with Gasteiger partial charge in [0.05, 0.1) is 17.7 Å². The molecule has 0 saturated carbocycles. The van der Waals surface area contributed by atoms with Crippen LogP contribution in [0.1, 0.15) is 40.5 Å². The molecule has 1 saturated heterocycles. The van der Waals surface area contributed by atoms with Crippen molar-refractivity contribution in [3.05, 3.63) is 40.2 Å². The van der Waals surface area contributed by atoms with Crippen molar-refractivity contribution in [2.45, 2.75) is 52.2 Å². The predicted molar refractivity (Wildman–Crippen MR) is 140 cm³/mol. The van der Waals surface area contributed by atoms with Crippen molar-refractivity contribution in [1.82, 2.24) is 4.90 Å². The summed E-state index contributed by atoms with van der Waals surface area (Å²) < 4.78 is 16.6. The number of ether oxygens (including phenoxy) is 3. The van der Waals surface area contributed by atoms with Crippen LogP contribution in [0.4, 0.5) is 15.5 Å². The Bertz CT molecular complexity index is 1100. The molecule has 8 nitrogen and oxygen atoms in total. The minimum atomic E-state index is -0.500. The Labute approximate surface area is 218 Å². The molecule has 3 rings (SSSR count). The van der Waals surface area contributed by atoms with Gasteiger partial charge in [0.2, 0.25) is 0 Å². The van der Waals surface area contributed by atoms with Crippen LogP contribution in [-0.2, 0) is 14.3 Å². The monoisotopic (exact) mass is 563 g/mol. The van der Waals surface area contributed by atoms with E-state index in [9.17, 15) is 9.59 Å². The number of anilines is 1. The Kier molecular flexibility index (Phi) is 9.03. The predicted octanol–water partition coefficient (Wildman–Crippen LogP) is 6.48. The van der Waals surface area contributed by atoms with E-state index in [2.05, 4.69) is 26.1 Å². The van der Waals surface area contributed by atoms with Crippen molar-refractivity contribution in [2.24, 2.45) is 0 Å². The molecular formula is C25H30BrN3O5S. The van der Waals surface area contributed by atoms with Crippen molar-refractivity contribution < 1.29 is 23.8 Å². The first-order valence-electron chi connectivity index (χ1n) is 11.4. The molecule has 2 aromatic rings. The summed E-state index contributed by atoms with van der Waals surface area (Å²) in [7, 11) is 0. The van der Waals surface area contributed by atoms with Gasteiger partial charge in [0, 0.05) is 29.7 Å². The molecule has 1 aliphatic heterocycles. The summed E-state index contributed by atoms with van der Waals surface area (Å²) in [5.74, 6) is -0.132. The first-order valence-corrected chi connectivity index (χ1v) is 13.0. The van der Waals surface area contributed by atoms with E-state index in [1.165, 1.54) is 11.3 Å². The molecule has 0 aliphatic carbocycles. The van der Waals surface area contributed by atoms with Gasteiger partial charge >= 0.3 is 12.1 Å². The zero-order valence-electron chi connectivity index (χ0n) is 20.4. The third-order valence-electron chi connectivity index (χ3n) is 5.18. The highest BCUT2D eigenvalue weighted by atomic mass is 79.9. The zero-order chi connectivity index (χ0) is 25.6. The molecule has 1 fully saturated rings. The molecule has 0 unspecified atom stereocenters. The van der Waals surface area contributed by atoms with Crippen molar-refractivity contribution >= 4 is 50.0 Å². The maximum atomic E-state index is 12.3. The second kappa shape index (κ2) is 11.8. The van der Waals surface area contributed by atoms with Gasteiger partial charge in [0.1, 0.15) is 5.60 Å². The number of benzene rings is 1. The fourth-order valence-corrected chi connectivity index (χ4v) is 5.45. The number of carbonyl (C=O) groups excluding carboxylic acids is 2. The molecule has 1 aromatic heterocycles. The molecule has 0 atom stereocenters. The number of piperidine rings is 1. The number of rotatable bonds is 7. The van der Waals surface area contributed by atoms with Crippen LogP contribution in [0, 0.1) is 6.57 Å². The molecule has 1 aliphatic rings. The van der Waals surface area contributed by atoms with E-state index in [-0.39, 0.29) is 25.3 Å². The lowest BCUT2D eigenvalue weighted by Gasteiger charge is -2.34. The van der Waals surface area contributed by atoms with Gasteiger partial charge in [-0.3, -0.25) is 0 Å². The average Bonchev–Trinajstić information content (AvgIpc) is 3.12. The summed E-state index contributed by atoms with van der Waals surface area (Å²) in [6, 6.07) is 8.18. The number of nitrogens with one attached hydrogen (secondary N) is 1. The molecule has 1 N–H and O–H groups in total. The highest BCUT2D eigenvalue weighted by molar-refractivity contribution is 9.10. The summed E-state index contributed by atoms with van der Waals surface area (Å²) in [6.45, 7) is 16.1. The Balaban J connectivity index is 1.66. The van der Waals surface area contributed by atoms with Crippen LogP contribution in [0.5, 0.6) is 5.75 Å². The zero-order valence-corrected chi connectivity index (χ0v) is 22.8. The van der Waals surface area contributed by atoms with Gasteiger partial charge in [-0.15, -0.1) is 11.3 Å². The van der Waals surface area contributed by atoms with E-state index >= 15 is 0 Å². The van der Waals surface area contributed by atoms with E-state index in [0.29, 0.717) is 28.3 Å². The highest BCUT2D eigenvalue weighted by Gasteiger charge is 2.27. The second-order valence-corrected chi connectivity index (χ2v) is 10.8. The molecule has 188 valence electrons. The molecule has 1 amide bonds. The Morgan fingerprint density at radius 2 is 2.00 bits per heavy atom. The van der Waals surface area contributed by atoms with Crippen molar-refractivity contribution in [3.8, 4) is 16.2 Å². The number of halogens is 1. The quantitative estimate of drug-likeness (QED) is 0.306. The number of carbonyl (C=O) groups is 2. The number of hydrogen-bond acceptors (Lipinski definition) is 7. The molecule has 0 bridgehead atoms. The van der Waals surface area contributed by atoms with Crippen molar-refractivity contribution in [3.63, 3.8) is 0 Å². The first-order chi connectivity index (χ1) is 16.6. The smallest absolute Gasteiger partial charge is 0.410 e. The summed E-state index contributed by atoms with van der Waals surface area (Å²) in [4.78, 5) is 30.2. The average molecular weight is 565 g/mol. The van der Waals surface area contributed by atoms with E-state index in [1.807, 2.05) is 45.0 Å². The van der Waals surface area contributed by atoms with Crippen LogP contribution in [-0.4, -0.2) is 54.9 Å². The third-order valence-corrected chi connectivity index (χ3v) is 7.31. The highest BCUT2D eigenvalue weighted by Crippen LogP contribution is 2.50. The van der Waals surface area contributed by atoms with Crippen LogP contribution >= 0.6 is 27.3 Å². The van der Waals surface area contributed by atoms with Crippen molar-refractivity contribution in [1.29, 1.82) is 0 Å². The Morgan fingerprint density at radius 3 is 2.63 bits per heavy atom. The summed E-state index contributed by atoms with van der Waals surface area (Å²) >= 11 is 4.86. The largest absolute Gasteiger partial charge is 0.491 e. The summed E-state index contributed by atoms with van der Waals surface area (Å²) in [5, 5.41) is 3.93. The summed E-state index contributed by atoms with van der Waals surface area (Å²) in [5.41, 5.74) is 1.38. The van der Waals surface area contributed by atoms with Crippen LogP contribution in [0.25, 0.3) is 15.3 Å². The standard InChI is InChI=1S/C25H30BrN3O5S/c1-6-32-19(30)15-33-21-20(26)22(35-23(21)27-5)16-8-7-9-18(14-16)28-17-10-12-29(13-11-17)24(31)34-25(2,3)4/h7-9,14,17,28H,6,10-13,15H2,1-4H3. The molecular weight excluding hydrogens is 534 g/mol. The minimum absolute atomic E-state index is 0.234. The molecule has 1 aromatic carbocycles. The lowest BCUT2D eigenvalue weighted by Crippen LogP contribution is -2.44. The third kappa shape index (κ3) is 7.36. The maximum Gasteiger partial charge on any atom is 0.410 e. The minimum Gasteiger partial charge on any atom is -0.491 e. The number of esters is 1. The normalized spacial score (nSPS) is 14.2. The van der Waals surface area contributed by atoms with Gasteiger partial charge in [-0.2, -0.15) is 0 Å². The fraction of sp³-hybridized carbons (Fsp3) is 0.480. The molecule has 10 heteroatoms. The van der Waals surface area contributed by atoms with Gasteiger partial charge in [0.15, 0.2) is 12.4 Å². The molecule has 2 heterocycles. The van der Waals surface area contributed by atoms with Gasteiger partial charge in [-0.1, -0.05) is 12.1 Å². The Hall–Kier alpha value is -2.77. The van der Waals surface area contributed by atoms with Crippen LogP contribution in [0.2, 0.25) is 0 Å². The van der Waals surface area contributed by atoms with E-state index in [4.69, 9.17) is 20.8 Å². The van der Waals surface area contributed by atoms with E-state index in [1.54, 1.807) is 11.8 Å². The maximum absolute atomic E-state index is 12.3. The molecule has 0 spiro atoms. The molecule has 0 radical (unpaired) electrons. The first kappa shape index (κ1) is 26.8. The summed E-state index contributed by atoms with van der Waals surface area (Å²) in [6.07, 6.45) is 1.37. The SMILES string of the molecule is [C-]#[N+]c1sc(-c2cccc(NC3CCN(C(=O)OC(C)(C)C)CC3)c2)c(Br)c1OCC(=O)OCC. The lowest BCUT2D eigenvalue weighted by molar-refractivity contribution is -0.145. The number of likely N-dealkylation sites (tertiary alicyclic amines) is 1. The van der Waals surface area contributed by atoms with Crippen LogP contribution in [0.3, 0.4) is 0 Å². The fourth-order valence-electron chi connectivity index (χ4n) is 3.62. The van der Waals surface area contributed by atoms with Crippen LogP contribution in [0.15, 0.2) is 28.7 Å². The lowest BCUT2D eigenvalue weighted by atomic mass is 10.0. The van der Waals surface area contributed by atoms with Crippen LogP contribution < -0.4 is 10.1 Å². The van der Waals surface area contributed by atoms with Gasteiger partial charge < -0.3 is 24.4 Å². The van der Waals surface area contributed by atoms with Crippen molar-refractivity contribution in [2.75, 3.05) is 31.6 Å². The van der Waals surface area contributed by atoms with Gasteiger partial charge in [-0.25, -0.2) is 14.4 Å². The number of amides is 1.